The van der Waals surface area contributed by atoms with Crippen LogP contribution in [0.15, 0.2) is 53.5 Å². The normalized spacial score (nSPS) is 16.7. The van der Waals surface area contributed by atoms with Crippen molar-refractivity contribution in [3.63, 3.8) is 0 Å². The Morgan fingerprint density at radius 2 is 1.86 bits per heavy atom. The Morgan fingerprint density at radius 3 is 2.46 bits per heavy atom. The van der Waals surface area contributed by atoms with E-state index in [4.69, 9.17) is 9.84 Å². The molecule has 35 heavy (non-hydrogen) atoms. The van der Waals surface area contributed by atoms with Gasteiger partial charge < -0.3 is 24.8 Å². The number of carbonyl (C=O) groups is 2. The number of nitrogens with zero attached hydrogens (tertiary/aromatic N) is 2. The number of nitrogens with one attached hydrogen (secondary N) is 1. The van der Waals surface area contributed by atoms with E-state index in [-0.39, 0.29) is 30.7 Å². The summed E-state index contributed by atoms with van der Waals surface area (Å²) in [6, 6.07) is 12.4. The molecule has 1 amide bonds. The lowest BCUT2D eigenvalue weighted by molar-refractivity contribution is -0.274. The molecule has 1 heterocycles. The minimum absolute atomic E-state index is 0.0420. The Kier molecular flexibility index (Phi) is 8.56. The molecular weight excluding hydrogens is 467 g/mol. The van der Waals surface area contributed by atoms with E-state index in [1.807, 2.05) is 17.0 Å². The summed E-state index contributed by atoms with van der Waals surface area (Å²) in [5.41, 5.74) is 1.74. The third-order valence-electron chi connectivity index (χ3n) is 5.22. The van der Waals surface area contributed by atoms with Crippen LogP contribution in [0.1, 0.15) is 48.1 Å². The molecule has 2 aromatic carbocycles. The number of hydrogen-bond acceptors (Lipinski definition) is 5. The molecule has 0 radical (unpaired) electrons. The summed E-state index contributed by atoms with van der Waals surface area (Å²) in [5, 5.41) is 11.2. The lowest BCUT2D eigenvalue weighted by atomic mass is 10.0. The number of amides is 1. The summed E-state index contributed by atoms with van der Waals surface area (Å²) < 4.78 is 46.8. The second kappa shape index (κ2) is 11.6. The van der Waals surface area contributed by atoms with Crippen molar-refractivity contribution in [1.82, 2.24) is 10.2 Å². The van der Waals surface area contributed by atoms with Gasteiger partial charge in [-0.25, -0.2) is 0 Å². The average molecular weight is 493 g/mol. The largest absolute Gasteiger partial charge is 0.573 e. The summed E-state index contributed by atoms with van der Waals surface area (Å²) in [6.07, 6.45) is -3.10. The molecule has 188 valence electrons. The van der Waals surface area contributed by atoms with Crippen molar-refractivity contribution in [3.05, 3.63) is 59.7 Å². The van der Waals surface area contributed by atoms with E-state index in [9.17, 15) is 22.8 Å². The van der Waals surface area contributed by atoms with Gasteiger partial charge in [0, 0.05) is 18.7 Å². The predicted molar refractivity (Wildman–Crippen MR) is 122 cm³/mol. The Hall–Kier alpha value is -3.76. The van der Waals surface area contributed by atoms with Crippen molar-refractivity contribution in [1.29, 1.82) is 0 Å². The molecule has 0 bridgehead atoms. The maximum absolute atomic E-state index is 12.4. The van der Waals surface area contributed by atoms with E-state index in [0.29, 0.717) is 30.4 Å². The third-order valence-corrected chi connectivity index (χ3v) is 5.22. The van der Waals surface area contributed by atoms with Gasteiger partial charge in [0.2, 0.25) is 0 Å². The molecule has 0 aromatic heterocycles. The molecule has 1 aliphatic rings. The first-order valence-corrected chi connectivity index (χ1v) is 11.1. The Morgan fingerprint density at radius 1 is 1.17 bits per heavy atom. The first-order chi connectivity index (χ1) is 16.7. The van der Waals surface area contributed by atoms with Crippen LogP contribution < -0.4 is 10.1 Å². The van der Waals surface area contributed by atoms with Crippen LogP contribution in [-0.2, 0) is 9.53 Å². The first kappa shape index (κ1) is 25.9. The molecule has 2 N–H and O–H groups in total. The van der Waals surface area contributed by atoms with Crippen molar-refractivity contribution in [3.8, 4) is 5.75 Å². The van der Waals surface area contributed by atoms with Crippen LogP contribution in [0.2, 0.25) is 0 Å². The van der Waals surface area contributed by atoms with Crippen molar-refractivity contribution >= 4 is 23.6 Å². The van der Waals surface area contributed by atoms with Gasteiger partial charge in [-0.15, -0.1) is 13.2 Å². The van der Waals surface area contributed by atoms with Gasteiger partial charge in [-0.3, -0.25) is 9.59 Å². The van der Waals surface area contributed by atoms with Crippen molar-refractivity contribution < 1.29 is 37.3 Å². The van der Waals surface area contributed by atoms with Crippen LogP contribution in [0, 0.1) is 0 Å². The predicted octanol–water partition coefficient (Wildman–Crippen LogP) is 4.65. The lowest BCUT2D eigenvalue weighted by Gasteiger charge is -2.23. The summed E-state index contributed by atoms with van der Waals surface area (Å²) in [7, 11) is 0. The zero-order chi connectivity index (χ0) is 25.4. The van der Waals surface area contributed by atoms with Gasteiger partial charge >= 0.3 is 12.3 Å². The Bertz CT molecular complexity index is 1040. The molecule has 8 nitrogen and oxygen atoms in total. The molecule has 11 heteroatoms. The van der Waals surface area contributed by atoms with E-state index in [2.05, 4.69) is 22.0 Å². The minimum Gasteiger partial charge on any atom is -0.481 e. The van der Waals surface area contributed by atoms with Gasteiger partial charge in [0.15, 0.2) is 0 Å². The maximum atomic E-state index is 12.4. The van der Waals surface area contributed by atoms with Gasteiger partial charge in [0.05, 0.1) is 18.2 Å². The number of carbonyl (C=O) groups excluding carboxylic acids is 1. The zero-order valence-electron chi connectivity index (χ0n) is 19.0. The maximum Gasteiger partial charge on any atom is 0.573 e. The van der Waals surface area contributed by atoms with E-state index in [0.717, 1.165) is 18.4 Å². The fourth-order valence-corrected chi connectivity index (χ4v) is 3.49. The fraction of sp³-hybridized carbons (Fsp3) is 0.375. The molecule has 1 aliphatic heterocycles. The number of amidine groups is 1. The average Bonchev–Trinajstić information content (AvgIpc) is 3.20. The highest BCUT2D eigenvalue weighted by Crippen LogP contribution is 2.31. The van der Waals surface area contributed by atoms with Crippen molar-refractivity contribution in [2.75, 3.05) is 19.7 Å². The van der Waals surface area contributed by atoms with Gasteiger partial charge in [0.25, 0.3) is 11.9 Å². The van der Waals surface area contributed by atoms with E-state index in [1.165, 1.54) is 24.3 Å². The molecule has 0 aliphatic carbocycles. The number of unbranched alkanes of at least 4 members (excludes halogenated alkanes) is 1. The monoisotopic (exact) mass is 493 g/mol. The SMILES string of the molecule is CCCCN1C(=Nc2ccc(OC(F)(F)F)cc2)OCC1c1ccc(C(=O)NCCC(=O)O)cc1. The van der Waals surface area contributed by atoms with Gasteiger partial charge in [0.1, 0.15) is 12.4 Å². The van der Waals surface area contributed by atoms with Crippen LogP contribution in [0.25, 0.3) is 0 Å². The first-order valence-electron chi connectivity index (χ1n) is 11.1. The highest BCUT2D eigenvalue weighted by Gasteiger charge is 2.33. The number of carboxylic acids is 1. The van der Waals surface area contributed by atoms with E-state index >= 15 is 0 Å². The third kappa shape index (κ3) is 7.62. The lowest BCUT2D eigenvalue weighted by Crippen LogP contribution is -2.30. The van der Waals surface area contributed by atoms with Crippen molar-refractivity contribution in [2.45, 2.75) is 38.6 Å². The number of rotatable bonds is 10. The minimum atomic E-state index is -4.76. The number of ether oxygens (including phenoxy) is 2. The van der Waals surface area contributed by atoms with Crippen LogP contribution >= 0.6 is 0 Å². The van der Waals surface area contributed by atoms with Crippen LogP contribution in [0.4, 0.5) is 18.9 Å². The number of aliphatic carboxylic acids is 1. The second-order valence-corrected chi connectivity index (χ2v) is 7.83. The standard InChI is InChI=1S/C24H26F3N3O5/c1-2-3-14-30-20(16-4-6-17(7-5-16)22(33)28-13-12-21(31)32)15-34-23(30)29-18-8-10-19(11-9-18)35-24(25,26)27/h4-11,20H,2-3,12-15H2,1H3,(H,28,33)(H,31,32). The number of hydrogen-bond donors (Lipinski definition) is 2. The van der Waals surface area contributed by atoms with Gasteiger partial charge in [-0.1, -0.05) is 25.5 Å². The summed E-state index contributed by atoms with van der Waals surface area (Å²) in [5.74, 6) is -1.68. The number of aliphatic imine (C=N–C) groups is 1. The van der Waals surface area contributed by atoms with Gasteiger partial charge in [-0.2, -0.15) is 4.99 Å². The number of benzene rings is 2. The molecule has 0 saturated carbocycles. The molecule has 2 aromatic rings. The summed E-state index contributed by atoms with van der Waals surface area (Å²) >= 11 is 0. The van der Waals surface area contributed by atoms with Gasteiger partial charge in [-0.05, 0) is 48.4 Å². The van der Waals surface area contributed by atoms with Crippen LogP contribution in [0.3, 0.4) is 0 Å². The van der Waals surface area contributed by atoms with Crippen LogP contribution in [0.5, 0.6) is 5.75 Å². The topological polar surface area (TPSA) is 100 Å². The highest BCUT2D eigenvalue weighted by atomic mass is 19.4. The highest BCUT2D eigenvalue weighted by molar-refractivity contribution is 5.94. The summed E-state index contributed by atoms with van der Waals surface area (Å²) in [4.78, 5) is 29.3. The number of halogens is 3. The molecule has 1 saturated heterocycles. The second-order valence-electron chi connectivity index (χ2n) is 7.83. The van der Waals surface area contributed by atoms with Crippen LogP contribution in [-0.4, -0.2) is 54.0 Å². The molecule has 3 rings (SSSR count). The zero-order valence-corrected chi connectivity index (χ0v) is 19.0. The van der Waals surface area contributed by atoms with E-state index in [1.54, 1.807) is 12.1 Å². The molecule has 1 unspecified atom stereocenters. The molecule has 0 spiro atoms. The van der Waals surface area contributed by atoms with Crippen molar-refractivity contribution in [2.24, 2.45) is 4.99 Å². The summed E-state index contributed by atoms with van der Waals surface area (Å²) in [6.45, 7) is 3.08. The number of carboxylic acid groups (broad SMARTS) is 1. The smallest absolute Gasteiger partial charge is 0.481 e. The molecule has 1 fully saturated rings. The molecular formula is C24H26F3N3O5. The Balaban J connectivity index is 1.72. The fourth-order valence-electron chi connectivity index (χ4n) is 3.49. The number of alkyl halides is 3. The quantitative estimate of drug-likeness (QED) is 0.500. The Labute approximate surface area is 200 Å². The molecule has 1 atom stereocenters. The van der Waals surface area contributed by atoms with E-state index < -0.39 is 12.3 Å².